The Bertz CT molecular complexity index is 380. The molecule has 0 spiro atoms. The van der Waals surface area contributed by atoms with E-state index in [1.165, 1.54) is 7.11 Å². The number of esters is 1. The van der Waals surface area contributed by atoms with Gasteiger partial charge in [0.2, 0.25) is 0 Å². The SMILES string of the molecule is COC(=O)CCCN(C)C(=O)N1CCN(CC(=O)O)CC1. The monoisotopic (exact) mass is 301 g/mol. The number of ether oxygens (including phenoxy) is 1. The second kappa shape index (κ2) is 8.46. The van der Waals surface area contributed by atoms with Crippen LogP contribution in [0.1, 0.15) is 12.8 Å². The molecule has 0 aromatic rings. The summed E-state index contributed by atoms with van der Waals surface area (Å²) in [5.74, 6) is -1.13. The average Bonchev–Trinajstić information content (AvgIpc) is 2.46. The lowest BCUT2D eigenvalue weighted by atomic mass is 10.3. The van der Waals surface area contributed by atoms with Crippen LogP contribution >= 0.6 is 0 Å². The summed E-state index contributed by atoms with van der Waals surface area (Å²) in [6, 6.07) is -0.0881. The molecule has 0 unspecified atom stereocenters. The Labute approximate surface area is 124 Å². The van der Waals surface area contributed by atoms with Gasteiger partial charge in [-0.2, -0.15) is 0 Å². The first-order chi connectivity index (χ1) is 9.93. The van der Waals surface area contributed by atoms with E-state index in [0.717, 1.165) is 0 Å². The number of carboxylic acids is 1. The standard InChI is InChI=1S/C13H23N3O5/c1-14(5-3-4-12(19)21-2)13(20)16-8-6-15(7-9-16)10-11(17)18/h3-10H2,1-2H3,(H,17,18). The van der Waals surface area contributed by atoms with Gasteiger partial charge in [-0.05, 0) is 6.42 Å². The van der Waals surface area contributed by atoms with E-state index in [1.54, 1.807) is 16.8 Å². The molecule has 0 atom stereocenters. The number of carbonyl (C=O) groups is 3. The van der Waals surface area contributed by atoms with Gasteiger partial charge >= 0.3 is 18.0 Å². The minimum absolute atomic E-state index is 0.0109. The van der Waals surface area contributed by atoms with Gasteiger partial charge in [0, 0.05) is 46.2 Å². The molecule has 1 aliphatic rings. The van der Waals surface area contributed by atoms with Gasteiger partial charge in [0.05, 0.1) is 13.7 Å². The van der Waals surface area contributed by atoms with Crippen LogP contribution in [0.2, 0.25) is 0 Å². The van der Waals surface area contributed by atoms with Crippen molar-refractivity contribution in [2.24, 2.45) is 0 Å². The second-order valence-corrected chi connectivity index (χ2v) is 5.04. The first-order valence-corrected chi connectivity index (χ1v) is 6.95. The molecule has 0 aromatic carbocycles. The maximum atomic E-state index is 12.2. The molecule has 1 heterocycles. The van der Waals surface area contributed by atoms with Gasteiger partial charge in [-0.25, -0.2) is 4.79 Å². The summed E-state index contributed by atoms with van der Waals surface area (Å²) < 4.78 is 4.55. The van der Waals surface area contributed by atoms with E-state index in [-0.39, 0.29) is 18.5 Å². The predicted molar refractivity (Wildman–Crippen MR) is 74.9 cm³/mol. The molecule has 1 aliphatic heterocycles. The summed E-state index contributed by atoms with van der Waals surface area (Å²) in [5.41, 5.74) is 0. The van der Waals surface area contributed by atoms with E-state index in [0.29, 0.717) is 45.6 Å². The van der Waals surface area contributed by atoms with Crippen molar-refractivity contribution in [1.29, 1.82) is 0 Å². The van der Waals surface area contributed by atoms with Crippen LogP contribution in [-0.4, -0.2) is 91.2 Å². The van der Waals surface area contributed by atoms with Crippen molar-refractivity contribution in [3.63, 3.8) is 0 Å². The van der Waals surface area contributed by atoms with Crippen molar-refractivity contribution in [2.45, 2.75) is 12.8 Å². The molecular weight excluding hydrogens is 278 g/mol. The number of hydrogen-bond acceptors (Lipinski definition) is 5. The summed E-state index contributed by atoms with van der Waals surface area (Å²) >= 11 is 0. The summed E-state index contributed by atoms with van der Waals surface area (Å²) in [7, 11) is 3.04. The quantitative estimate of drug-likeness (QED) is 0.677. The Morgan fingerprint density at radius 3 is 2.33 bits per heavy atom. The Morgan fingerprint density at radius 2 is 1.81 bits per heavy atom. The minimum Gasteiger partial charge on any atom is -0.480 e. The summed E-state index contributed by atoms with van der Waals surface area (Å²) in [4.78, 5) is 38.9. The van der Waals surface area contributed by atoms with Crippen LogP contribution < -0.4 is 0 Å². The molecule has 8 heteroatoms. The van der Waals surface area contributed by atoms with Crippen LogP contribution in [0, 0.1) is 0 Å². The van der Waals surface area contributed by atoms with Gasteiger partial charge in [0.25, 0.3) is 0 Å². The second-order valence-electron chi connectivity index (χ2n) is 5.04. The molecular formula is C13H23N3O5. The smallest absolute Gasteiger partial charge is 0.319 e. The van der Waals surface area contributed by atoms with Crippen molar-refractivity contribution in [3.05, 3.63) is 0 Å². The summed E-state index contributed by atoms with van der Waals surface area (Å²) in [6.07, 6.45) is 0.856. The number of carbonyl (C=O) groups excluding carboxylic acids is 2. The van der Waals surface area contributed by atoms with Gasteiger partial charge in [-0.1, -0.05) is 0 Å². The first kappa shape index (κ1) is 17.2. The van der Waals surface area contributed by atoms with Crippen molar-refractivity contribution in [1.82, 2.24) is 14.7 Å². The number of urea groups is 1. The topological polar surface area (TPSA) is 90.4 Å². The number of carboxylic acid groups (broad SMARTS) is 1. The maximum absolute atomic E-state index is 12.2. The molecule has 1 N–H and O–H groups in total. The molecule has 0 radical (unpaired) electrons. The van der Waals surface area contributed by atoms with E-state index in [9.17, 15) is 14.4 Å². The van der Waals surface area contributed by atoms with Crippen LogP contribution in [0.25, 0.3) is 0 Å². The lowest BCUT2D eigenvalue weighted by Gasteiger charge is -2.36. The maximum Gasteiger partial charge on any atom is 0.319 e. The van der Waals surface area contributed by atoms with Crippen LogP contribution in [0.3, 0.4) is 0 Å². The average molecular weight is 301 g/mol. The van der Waals surface area contributed by atoms with E-state index in [4.69, 9.17) is 5.11 Å². The van der Waals surface area contributed by atoms with E-state index < -0.39 is 5.97 Å². The molecule has 1 rings (SSSR count). The number of piperazine rings is 1. The molecule has 8 nitrogen and oxygen atoms in total. The van der Waals surface area contributed by atoms with Crippen LogP contribution in [0.15, 0.2) is 0 Å². The molecule has 0 bridgehead atoms. The fourth-order valence-electron chi connectivity index (χ4n) is 2.19. The third-order valence-electron chi connectivity index (χ3n) is 3.43. The molecule has 0 aliphatic carbocycles. The minimum atomic E-state index is -0.852. The predicted octanol–water partition coefficient (Wildman–Crippen LogP) is -0.306. The van der Waals surface area contributed by atoms with Gasteiger partial charge in [0.15, 0.2) is 0 Å². The van der Waals surface area contributed by atoms with Gasteiger partial charge in [-0.3, -0.25) is 14.5 Å². The van der Waals surface area contributed by atoms with E-state index in [2.05, 4.69) is 4.74 Å². The number of amides is 2. The molecule has 120 valence electrons. The zero-order chi connectivity index (χ0) is 15.8. The molecule has 0 saturated carbocycles. The van der Waals surface area contributed by atoms with Crippen molar-refractivity contribution in [2.75, 3.05) is 53.4 Å². The van der Waals surface area contributed by atoms with Crippen LogP contribution in [0.5, 0.6) is 0 Å². The lowest BCUT2D eigenvalue weighted by Crippen LogP contribution is -2.53. The van der Waals surface area contributed by atoms with E-state index >= 15 is 0 Å². The van der Waals surface area contributed by atoms with Crippen molar-refractivity contribution in [3.8, 4) is 0 Å². The van der Waals surface area contributed by atoms with Crippen LogP contribution in [-0.2, 0) is 14.3 Å². The largest absolute Gasteiger partial charge is 0.480 e. The van der Waals surface area contributed by atoms with Crippen LogP contribution in [0.4, 0.5) is 4.79 Å². The molecule has 21 heavy (non-hydrogen) atoms. The number of nitrogens with zero attached hydrogens (tertiary/aromatic N) is 3. The van der Waals surface area contributed by atoms with Crippen molar-refractivity contribution >= 4 is 18.0 Å². The fraction of sp³-hybridized carbons (Fsp3) is 0.769. The Hall–Kier alpha value is -1.83. The fourth-order valence-corrected chi connectivity index (χ4v) is 2.19. The first-order valence-electron chi connectivity index (χ1n) is 6.95. The van der Waals surface area contributed by atoms with Crippen molar-refractivity contribution < 1.29 is 24.2 Å². The molecule has 1 fully saturated rings. The highest BCUT2D eigenvalue weighted by Crippen LogP contribution is 2.06. The third kappa shape index (κ3) is 5.99. The highest BCUT2D eigenvalue weighted by molar-refractivity contribution is 5.74. The summed E-state index contributed by atoms with van der Waals surface area (Å²) in [6.45, 7) is 2.67. The zero-order valence-corrected chi connectivity index (χ0v) is 12.6. The Kier molecular flexibility index (Phi) is 6.93. The number of methoxy groups -OCH3 is 1. The Balaban J connectivity index is 2.29. The highest BCUT2D eigenvalue weighted by atomic mass is 16.5. The zero-order valence-electron chi connectivity index (χ0n) is 12.6. The normalized spacial score (nSPS) is 15.6. The van der Waals surface area contributed by atoms with Gasteiger partial charge in [-0.15, -0.1) is 0 Å². The summed E-state index contributed by atoms with van der Waals surface area (Å²) in [5, 5.41) is 8.72. The number of rotatable bonds is 6. The highest BCUT2D eigenvalue weighted by Gasteiger charge is 2.24. The van der Waals surface area contributed by atoms with E-state index in [1.807, 2.05) is 4.90 Å². The van der Waals surface area contributed by atoms with Gasteiger partial charge < -0.3 is 19.6 Å². The number of hydrogen-bond donors (Lipinski definition) is 1. The Morgan fingerprint density at radius 1 is 1.19 bits per heavy atom. The lowest BCUT2D eigenvalue weighted by molar-refractivity contribution is -0.141. The molecule has 0 aromatic heterocycles. The third-order valence-corrected chi connectivity index (χ3v) is 3.43. The molecule has 2 amide bonds. The van der Waals surface area contributed by atoms with Gasteiger partial charge in [0.1, 0.15) is 0 Å². The molecule has 1 saturated heterocycles. The number of aliphatic carboxylic acids is 1.